The van der Waals surface area contributed by atoms with E-state index in [2.05, 4.69) is 29.8 Å². The lowest BCUT2D eigenvalue weighted by molar-refractivity contribution is -0.114. The second kappa shape index (κ2) is 14.3. The molecule has 42 heavy (non-hydrogen) atoms. The van der Waals surface area contributed by atoms with Gasteiger partial charge in [0.1, 0.15) is 5.70 Å². The molecule has 4 aromatic carbocycles. The van der Waals surface area contributed by atoms with E-state index in [1.165, 1.54) is 17.3 Å². The number of carbonyl (C=O) groups excluding carboxylic acids is 3. The third-order valence-corrected chi connectivity index (χ3v) is 7.78. The fraction of sp³-hybridized carbons (Fsp3) is 0.171. The first-order valence-electron chi connectivity index (χ1n) is 13.8. The molecular weight excluding hydrogens is 542 g/mol. The number of rotatable bonds is 10. The Labute approximate surface area is 251 Å². The first-order chi connectivity index (χ1) is 20.2. The van der Waals surface area contributed by atoms with Gasteiger partial charge < -0.3 is 16.0 Å². The Morgan fingerprint density at radius 2 is 1.52 bits per heavy atom. The molecule has 0 aromatic heterocycles. The van der Waals surface area contributed by atoms with Crippen molar-refractivity contribution in [3.05, 3.63) is 131 Å². The van der Waals surface area contributed by atoms with Crippen molar-refractivity contribution in [1.82, 2.24) is 5.32 Å². The standard InChI is InChI=1S/C35H35N3O3S/c1-23(2)27-18-16-26(17-19-27)20-32(38-34(40)28-11-6-5-7-12-28)35(41)36-29-13-9-14-30(21-29)42-22-33(39)37-31-15-8-10-24(3)25(31)4/h5-21,23H,22H2,1-4H3,(H,36,41)(H,37,39)(H,38,40)/b32-20+. The molecule has 6 nitrogen and oxygen atoms in total. The van der Waals surface area contributed by atoms with Crippen LogP contribution in [0.15, 0.2) is 108 Å². The Balaban J connectivity index is 1.47. The maximum Gasteiger partial charge on any atom is 0.272 e. The highest BCUT2D eigenvalue weighted by atomic mass is 32.2. The van der Waals surface area contributed by atoms with Gasteiger partial charge in [-0.05, 0) is 84.5 Å². The van der Waals surface area contributed by atoms with Crippen LogP contribution in [0.4, 0.5) is 11.4 Å². The molecule has 0 aliphatic carbocycles. The molecule has 0 unspecified atom stereocenters. The van der Waals surface area contributed by atoms with Crippen LogP contribution in [0.2, 0.25) is 0 Å². The Morgan fingerprint density at radius 1 is 0.810 bits per heavy atom. The lowest BCUT2D eigenvalue weighted by atomic mass is 10.0. The van der Waals surface area contributed by atoms with Crippen LogP contribution in [0.1, 0.15) is 52.4 Å². The van der Waals surface area contributed by atoms with E-state index < -0.39 is 5.91 Å². The van der Waals surface area contributed by atoms with E-state index in [0.29, 0.717) is 17.2 Å². The summed E-state index contributed by atoms with van der Waals surface area (Å²) in [7, 11) is 0. The van der Waals surface area contributed by atoms with Crippen molar-refractivity contribution in [3.63, 3.8) is 0 Å². The van der Waals surface area contributed by atoms with Gasteiger partial charge in [-0.2, -0.15) is 0 Å². The summed E-state index contributed by atoms with van der Waals surface area (Å²) in [6.45, 7) is 8.23. The molecule has 7 heteroatoms. The van der Waals surface area contributed by atoms with Crippen LogP contribution in [0, 0.1) is 13.8 Å². The van der Waals surface area contributed by atoms with Crippen molar-refractivity contribution < 1.29 is 14.4 Å². The fourth-order valence-electron chi connectivity index (χ4n) is 4.17. The summed E-state index contributed by atoms with van der Waals surface area (Å²) in [5.74, 6) is -0.348. The second-order valence-electron chi connectivity index (χ2n) is 10.3. The Bertz CT molecular complexity index is 1600. The number of aryl methyl sites for hydroxylation is 1. The lowest BCUT2D eigenvalue weighted by Crippen LogP contribution is -2.30. The summed E-state index contributed by atoms with van der Waals surface area (Å²) >= 11 is 1.37. The average molecular weight is 578 g/mol. The van der Waals surface area contributed by atoms with Crippen LogP contribution in [0.25, 0.3) is 6.08 Å². The van der Waals surface area contributed by atoms with Gasteiger partial charge in [0.2, 0.25) is 5.91 Å². The van der Waals surface area contributed by atoms with Crippen molar-refractivity contribution in [2.75, 3.05) is 16.4 Å². The summed E-state index contributed by atoms with van der Waals surface area (Å²) in [4.78, 5) is 39.8. The molecular formula is C35H35N3O3S. The van der Waals surface area contributed by atoms with E-state index in [1.54, 1.807) is 36.4 Å². The molecule has 3 amide bonds. The van der Waals surface area contributed by atoms with Gasteiger partial charge in [0.15, 0.2) is 0 Å². The predicted molar refractivity (Wildman–Crippen MR) is 173 cm³/mol. The molecule has 0 saturated heterocycles. The van der Waals surface area contributed by atoms with Gasteiger partial charge in [-0.1, -0.05) is 74.5 Å². The molecule has 0 radical (unpaired) electrons. The Morgan fingerprint density at radius 3 is 2.24 bits per heavy atom. The number of hydrogen-bond acceptors (Lipinski definition) is 4. The molecule has 0 aliphatic heterocycles. The van der Waals surface area contributed by atoms with Gasteiger partial charge in [0, 0.05) is 21.8 Å². The lowest BCUT2D eigenvalue weighted by Gasteiger charge is -2.13. The number of benzene rings is 4. The van der Waals surface area contributed by atoms with Crippen molar-refractivity contribution in [3.8, 4) is 0 Å². The molecule has 4 aromatic rings. The zero-order valence-corrected chi connectivity index (χ0v) is 25.0. The number of amides is 3. The number of anilines is 2. The quantitative estimate of drug-likeness (QED) is 0.134. The molecule has 4 rings (SSSR count). The number of nitrogens with one attached hydrogen (secondary N) is 3. The number of thioether (sulfide) groups is 1. The first-order valence-corrected chi connectivity index (χ1v) is 14.8. The average Bonchev–Trinajstić information content (AvgIpc) is 2.99. The highest BCUT2D eigenvalue weighted by molar-refractivity contribution is 8.00. The smallest absolute Gasteiger partial charge is 0.272 e. The van der Waals surface area contributed by atoms with Gasteiger partial charge in [-0.25, -0.2) is 0 Å². The summed E-state index contributed by atoms with van der Waals surface area (Å²) in [6.07, 6.45) is 1.66. The van der Waals surface area contributed by atoms with E-state index in [0.717, 1.165) is 27.3 Å². The second-order valence-corrected chi connectivity index (χ2v) is 11.3. The van der Waals surface area contributed by atoms with E-state index in [4.69, 9.17) is 0 Å². The van der Waals surface area contributed by atoms with Gasteiger partial charge in [0.05, 0.1) is 5.75 Å². The van der Waals surface area contributed by atoms with Crippen molar-refractivity contribution in [2.24, 2.45) is 0 Å². The maximum atomic E-state index is 13.4. The normalized spacial score (nSPS) is 11.2. The van der Waals surface area contributed by atoms with Crippen LogP contribution in [0.3, 0.4) is 0 Å². The van der Waals surface area contributed by atoms with E-state index in [9.17, 15) is 14.4 Å². The number of hydrogen-bond donors (Lipinski definition) is 3. The maximum absolute atomic E-state index is 13.4. The van der Waals surface area contributed by atoms with Crippen molar-refractivity contribution in [2.45, 2.75) is 38.5 Å². The summed E-state index contributed by atoms with van der Waals surface area (Å²) in [5, 5.41) is 8.64. The zero-order valence-electron chi connectivity index (χ0n) is 24.2. The Kier molecular flexibility index (Phi) is 10.3. The molecule has 0 bridgehead atoms. The molecule has 0 fully saturated rings. The SMILES string of the molecule is Cc1cccc(NC(=O)CSc2cccc(NC(=O)/C(=C\c3ccc(C(C)C)cc3)NC(=O)c3ccccc3)c2)c1C. The summed E-state index contributed by atoms with van der Waals surface area (Å²) in [6, 6.07) is 29.7. The minimum Gasteiger partial charge on any atom is -0.325 e. The van der Waals surface area contributed by atoms with Gasteiger partial charge in [0.25, 0.3) is 11.8 Å². The van der Waals surface area contributed by atoms with Gasteiger partial charge >= 0.3 is 0 Å². The van der Waals surface area contributed by atoms with E-state index in [-0.39, 0.29) is 23.3 Å². The Hall–Kier alpha value is -4.62. The van der Waals surface area contributed by atoms with Gasteiger partial charge in [-0.15, -0.1) is 11.8 Å². The fourth-order valence-corrected chi connectivity index (χ4v) is 4.92. The first kappa shape index (κ1) is 30.3. The molecule has 0 saturated carbocycles. The monoisotopic (exact) mass is 577 g/mol. The molecule has 214 valence electrons. The predicted octanol–water partition coefficient (Wildman–Crippen LogP) is 7.57. The topological polar surface area (TPSA) is 87.3 Å². The zero-order chi connectivity index (χ0) is 30.1. The van der Waals surface area contributed by atoms with E-state index >= 15 is 0 Å². The minimum atomic E-state index is -0.456. The summed E-state index contributed by atoms with van der Waals surface area (Å²) in [5.41, 5.74) is 6.05. The number of carbonyl (C=O) groups is 3. The van der Waals surface area contributed by atoms with Crippen molar-refractivity contribution in [1.29, 1.82) is 0 Å². The minimum absolute atomic E-state index is 0.111. The highest BCUT2D eigenvalue weighted by Crippen LogP contribution is 2.24. The molecule has 3 N–H and O–H groups in total. The van der Waals surface area contributed by atoms with Crippen LogP contribution in [0.5, 0.6) is 0 Å². The van der Waals surface area contributed by atoms with Crippen molar-refractivity contribution >= 4 is 46.9 Å². The van der Waals surface area contributed by atoms with Crippen LogP contribution in [-0.4, -0.2) is 23.5 Å². The van der Waals surface area contributed by atoms with Crippen LogP contribution >= 0.6 is 11.8 Å². The third kappa shape index (κ3) is 8.44. The van der Waals surface area contributed by atoms with Gasteiger partial charge in [-0.3, -0.25) is 14.4 Å². The highest BCUT2D eigenvalue weighted by Gasteiger charge is 2.16. The molecule has 0 heterocycles. The van der Waals surface area contributed by atoms with Crippen LogP contribution < -0.4 is 16.0 Å². The largest absolute Gasteiger partial charge is 0.325 e. The molecule has 0 aliphatic rings. The third-order valence-electron chi connectivity index (χ3n) is 6.78. The molecule has 0 spiro atoms. The van der Waals surface area contributed by atoms with E-state index in [1.807, 2.05) is 80.6 Å². The summed E-state index contributed by atoms with van der Waals surface area (Å²) < 4.78 is 0. The molecule has 0 atom stereocenters. The van der Waals surface area contributed by atoms with Crippen LogP contribution in [-0.2, 0) is 9.59 Å².